The van der Waals surface area contributed by atoms with E-state index in [2.05, 4.69) is 5.32 Å². The van der Waals surface area contributed by atoms with E-state index < -0.39 is 0 Å². The third-order valence-electron chi connectivity index (χ3n) is 4.10. The Bertz CT molecular complexity index is 332. The minimum atomic E-state index is -0.208. The molecular weight excluding hydrogens is 232 g/mol. The van der Waals surface area contributed by atoms with Crippen LogP contribution in [-0.4, -0.2) is 49.6 Å². The zero-order valence-corrected chi connectivity index (χ0v) is 11.0. The van der Waals surface area contributed by atoms with Crippen LogP contribution in [0.3, 0.4) is 0 Å². The summed E-state index contributed by atoms with van der Waals surface area (Å²) >= 11 is 0. The lowest BCUT2D eigenvalue weighted by atomic mass is 9.79. The first-order valence-corrected chi connectivity index (χ1v) is 6.82. The lowest BCUT2D eigenvalue weighted by Gasteiger charge is -2.24. The van der Waals surface area contributed by atoms with Crippen molar-refractivity contribution in [2.45, 2.75) is 32.6 Å². The van der Waals surface area contributed by atoms with Gasteiger partial charge in [0, 0.05) is 26.2 Å². The van der Waals surface area contributed by atoms with Gasteiger partial charge in [-0.15, -0.1) is 0 Å². The van der Waals surface area contributed by atoms with Crippen molar-refractivity contribution in [1.29, 1.82) is 0 Å². The summed E-state index contributed by atoms with van der Waals surface area (Å²) in [6.07, 6.45) is 3.51. The molecule has 2 heterocycles. The highest BCUT2D eigenvalue weighted by Crippen LogP contribution is 2.37. The Hall–Kier alpha value is -1.10. The smallest absolute Gasteiger partial charge is 0.248 e. The van der Waals surface area contributed by atoms with Crippen LogP contribution in [-0.2, 0) is 14.3 Å². The molecule has 18 heavy (non-hydrogen) atoms. The number of carbonyl (C=O) groups excluding carboxylic acids is 2. The maximum atomic E-state index is 11.9. The summed E-state index contributed by atoms with van der Waals surface area (Å²) in [7, 11) is 0. The fourth-order valence-electron chi connectivity index (χ4n) is 2.92. The molecule has 2 rings (SSSR count). The van der Waals surface area contributed by atoms with Gasteiger partial charge in [0.1, 0.15) is 6.61 Å². The predicted molar refractivity (Wildman–Crippen MR) is 67.0 cm³/mol. The van der Waals surface area contributed by atoms with Gasteiger partial charge in [-0.25, -0.2) is 0 Å². The third kappa shape index (κ3) is 2.66. The molecule has 1 atom stereocenters. The lowest BCUT2D eigenvalue weighted by molar-refractivity contribution is -0.136. The number of likely N-dealkylation sites (tertiary alicyclic amines) is 1. The molecule has 0 radical (unpaired) electrons. The Morgan fingerprint density at radius 3 is 2.89 bits per heavy atom. The molecule has 0 saturated carbocycles. The predicted octanol–water partition coefficient (Wildman–Crippen LogP) is 0.542. The molecule has 2 aliphatic rings. The van der Waals surface area contributed by atoms with E-state index in [9.17, 15) is 9.59 Å². The van der Waals surface area contributed by atoms with Crippen molar-refractivity contribution in [2.75, 3.05) is 32.8 Å². The molecule has 2 saturated heterocycles. The van der Waals surface area contributed by atoms with Crippen LogP contribution in [0.2, 0.25) is 0 Å². The molecule has 0 aromatic carbocycles. The molecule has 102 valence electrons. The third-order valence-corrected chi connectivity index (χ3v) is 4.10. The number of hydrogen-bond donors (Lipinski definition) is 1. The van der Waals surface area contributed by atoms with E-state index in [4.69, 9.17) is 4.74 Å². The summed E-state index contributed by atoms with van der Waals surface area (Å²) in [5.74, 6) is 0.230. The van der Waals surface area contributed by atoms with Gasteiger partial charge >= 0.3 is 0 Å². The highest BCUT2D eigenvalue weighted by Gasteiger charge is 2.43. The topological polar surface area (TPSA) is 58.6 Å². The summed E-state index contributed by atoms with van der Waals surface area (Å²) in [6, 6.07) is 0. The number of amides is 2. The van der Waals surface area contributed by atoms with Crippen molar-refractivity contribution in [3.05, 3.63) is 0 Å². The van der Waals surface area contributed by atoms with Crippen molar-refractivity contribution in [3.63, 3.8) is 0 Å². The Morgan fingerprint density at radius 2 is 2.22 bits per heavy atom. The van der Waals surface area contributed by atoms with Crippen molar-refractivity contribution in [2.24, 2.45) is 5.41 Å². The van der Waals surface area contributed by atoms with Crippen LogP contribution in [0.4, 0.5) is 0 Å². The number of hydrogen-bond acceptors (Lipinski definition) is 3. The maximum Gasteiger partial charge on any atom is 0.248 e. The van der Waals surface area contributed by atoms with E-state index in [1.54, 1.807) is 0 Å². The summed E-state index contributed by atoms with van der Waals surface area (Å²) in [5.41, 5.74) is -0.208. The number of ether oxygens (including phenoxy) is 1. The molecule has 5 heteroatoms. The first-order valence-electron chi connectivity index (χ1n) is 6.82. The van der Waals surface area contributed by atoms with Gasteiger partial charge in [0.25, 0.3) is 0 Å². The zero-order chi connectivity index (χ0) is 13.0. The highest BCUT2D eigenvalue weighted by atomic mass is 16.5. The van der Waals surface area contributed by atoms with Crippen LogP contribution in [0, 0.1) is 5.41 Å². The van der Waals surface area contributed by atoms with E-state index in [-0.39, 0.29) is 23.8 Å². The van der Waals surface area contributed by atoms with Gasteiger partial charge in [-0.05, 0) is 32.6 Å². The zero-order valence-electron chi connectivity index (χ0n) is 11.0. The fraction of sp³-hybridized carbons (Fsp3) is 0.846. The first-order chi connectivity index (χ1) is 8.68. The highest BCUT2D eigenvalue weighted by molar-refractivity contribution is 5.85. The van der Waals surface area contributed by atoms with Crippen molar-refractivity contribution >= 4 is 11.8 Å². The molecule has 0 aromatic rings. The molecule has 0 aliphatic carbocycles. The Morgan fingerprint density at radius 1 is 1.39 bits per heavy atom. The van der Waals surface area contributed by atoms with Crippen LogP contribution < -0.4 is 5.32 Å². The molecule has 0 unspecified atom stereocenters. The quantitative estimate of drug-likeness (QED) is 0.800. The molecule has 2 amide bonds. The Balaban J connectivity index is 1.92. The second-order valence-electron chi connectivity index (χ2n) is 5.16. The molecule has 0 aromatic heterocycles. The van der Waals surface area contributed by atoms with Gasteiger partial charge in [-0.1, -0.05) is 0 Å². The number of carbonyl (C=O) groups is 2. The van der Waals surface area contributed by atoms with Crippen LogP contribution >= 0.6 is 0 Å². The molecule has 5 nitrogen and oxygen atoms in total. The average Bonchev–Trinajstić information content (AvgIpc) is 2.61. The van der Waals surface area contributed by atoms with Crippen LogP contribution in [0.5, 0.6) is 0 Å². The summed E-state index contributed by atoms with van der Waals surface area (Å²) in [5, 5.41) is 2.92. The number of nitrogens with zero attached hydrogens (tertiary/aromatic N) is 1. The second-order valence-corrected chi connectivity index (χ2v) is 5.16. The van der Waals surface area contributed by atoms with Crippen LogP contribution in [0.1, 0.15) is 32.6 Å². The summed E-state index contributed by atoms with van der Waals surface area (Å²) in [4.78, 5) is 25.7. The molecule has 2 fully saturated rings. The minimum Gasteiger partial charge on any atom is -0.372 e. The normalized spacial score (nSPS) is 28.3. The van der Waals surface area contributed by atoms with Gasteiger partial charge in [-0.3, -0.25) is 9.59 Å². The molecule has 0 bridgehead atoms. The van der Waals surface area contributed by atoms with Gasteiger partial charge in [-0.2, -0.15) is 0 Å². The van der Waals surface area contributed by atoms with Gasteiger partial charge in [0.2, 0.25) is 11.8 Å². The van der Waals surface area contributed by atoms with E-state index in [1.165, 1.54) is 0 Å². The van der Waals surface area contributed by atoms with Gasteiger partial charge < -0.3 is 15.0 Å². The maximum absolute atomic E-state index is 11.9. The van der Waals surface area contributed by atoms with Gasteiger partial charge in [0.15, 0.2) is 0 Å². The Labute approximate surface area is 108 Å². The molecule has 1 N–H and O–H groups in total. The van der Waals surface area contributed by atoms with Crippen molar-refractivity contribution in [1.82, 2.24) is 10.2 Å². The molecule has 1 spiro atoms. The number of rotatable bonds is 3. The fourth-order valence-corrected chi connectivity index (χ4v) is 2.92. The molecule has 2 aliphatic heterocycles. The number of nitrogens with one attached hydrogen (secondary N) is 1. The van der Waals surface area contributed by atoms with Crippen molar-refractivity contribution in [3.8, 4) is 0 Å². The Kier molecular flexibility index (Phi) is 4.22. The SMILES string of the molecule is CCOCC(=O)N1CCC[C@@]2(CCNC2=O)CC1. The first kappa shape index (κ1) is 13.3. The van der Waals surface area contributed by atoms with E-state index >= 15 is 0 Å². The monoisotopic (exact) mass is 254 g/mol. The van der Waals surface area contributed by atoms with Gasteiger partial charge in [0.05, 0.1) is 5.41 Å². The lowest BCUT2D eigenvalue weighted by Crippen LogP contribution is -2.36. The second kappa shape index (κ2) is 5.69. The van der Waals surface area contributed by atoms with E-state index in [1.807, 2.05) is 11.8 Å². The minimum absolute atomic E-state index is 0.0484. The largest absolute Gasteiger partial charge is 0.372 e. The summed E-state index contributed by atoms with van der Waals surface area (Å²) in [6.45, 7) is 4.82. The van der Waals surface area contributed by atoms with E-state index in [0.29, 0.717) is 13.2 Å². The van der Waals surface area contributed by atoms with Crippen LogP contribution in [0.25, 0.3) is 0 Å². The average molecular weight is 254 g/mol. The molecular formula is C13H22N2O3. The van der Waals surface area contributed by atoms with E-state index in [0.717, 1.165) is 38.8 Å². The summed E-state index contributed by atoms with van der Waals surface area (Å²) < 4.78 is 5.16. The standard InChI is InChI=1S/C13H22N2O3/c1-2-18-10-11(16)15-8-3-4-13(6-9-15)5-7-14-12(13)17/h2-10H2,1H3,(H,14,17)/t13-/m1/s1. The van der Waals surface area contributed by atoms with Crippen molar-refractivity contribution < 1.29 is 14.3 Å². The van der Waals surface area contributed by atoms with Crippen LogP contribution in [0.15, 0.2) is 0 Å².